The molecule has 0 radical (unpaired) electrons. The Morgan fingerprint density at radius 2 is 1.78 bits per heavy atom. The average molecular weight is 363 g/mol. The number of hydrogen-bond donors (Lipinski definition) is 3. The van der Waals surface area contributed by atoms with E-state index in [1.807, 2.05) is 62.6 Å². The minimum atomic E-state index is -0.0500. The maximum atomic E-state index is 12.5. The standard InChI is InChI=1S/C22H26N4O/c1-16(13-17-9-5-4-6-10-17)23-15-22(27)25-20-14-21(26(2)3)24-19-12-8-7-11-18(19)20/h4-12,14,16,23H,13,15H2,1-3H3,(H,24,25,27)/p+1. The number of amides is 1. The summed E-state index contributed by atoms with van der Waals surface area (Å²) in [5.41, 5.74) is 2.95. The highest BCUT2D eigenvalue weighted by molar-refractivity contribution is 6.02. The highest BCUT2D eigenvalue weighted by Gasteiger charge is 2.13. The van der Waals surface area contributed by atoms with Gasteiger partial charge < -0.3 is 10.6 Å². The molecule has 5 heteroatoms. The van der Waals surface area contributed by atoms with Crippen LogP contribution >= 0.6 is 0 Å². The fourth-order valence-corrected chi connectivity index (χ4v) is 3.04. The fraction of sp³-hybridized carbons (Fsp3) is 0.273. The highest BCUT2D eigenvalue weighted by atomic mass is 16.1. The second-order valence-electron chi connectivity index (χ2n) is 7.09. The van der Waals surface area contributed by atoms with Gasteiger partial charge in [0.15, 0.2) is 0 Å². The minimum absolute atomic E-state index is 0.0500. The van der Waals surface area contributed by atoms with E-state index < -0.39 is 0 Å². The second-order valence-corrected chi connectivity index (χ2v) is 7.09. The van der Waals surface area contributed by atoms with Crippen LogP contribution in [0.15, 0.2) is 60.7 Å². The largest absolute Gasteiger partial charge is 0.324 e. The van der Waals surface area contributed by atoms with Gasteiger partial charge >= 0.3 is 0 Å². The molecule has 0 bridgehead atoms. The molecule has 0 saturated heterocycles. The van der Waals surface area contributed by atoms with Gasteiger partial charge in [0.25, 0.3) is 0 Å². The Kier molecular flexibility index (Phi) is 6.16. The molecule has 0 aliphatic rings. The van der Waals surface area contributed by atoms with E-state index in [4.69, 9.17) is 0 Å². The molecule has 1 unspecified atom stereocenters. The summed E-state index contributed by atoms with van der Waals surface area (Å²) in [5.74, 6) is 0.848. The molecule has 5 nitrogen and oxygen atoms in total. The lowest BCUT2D eigenvalue weighted by molar-refractivity contribution is -0.789. The molecule has 1 heterocycles. The van der Waals surface area contributed by atoms with Crippen molar-refractivity contribution in [2.24, 2.45) is 0 Å². The molecular weight excluding hydrogens is 336 g/mol. The number of anilines is 1. The molecule has 140 valence electrons. The van der Waals surface area contributed by atoms with Crippen molar-refractivity contribution in [3.63, 3.8) is 0 Å². The van der Waals surface area contributed by atoms with Crippen LogP contribution in [0.5, 0.6) is 0 Å². The van der Waals surface area contributed by atoms with Gasteiger partial charge in [-0.3, -0.25) is 9.69 Å². The smallest absolute Gasteiger partial charge is 0.238 e. The van der Waals surface area contributed by atoms with Crippen LogP contribution in [0.3, 0.4) is 0 Å². The number of carbonyl (C=O) groups excluding carboxylic acids is 1. The Hall–Kier alpha value is -2.76. The summed E-state index contributed by atoms with van der Waals surface area (Å²) in [7, 11) is 4.05. The van der Waals surface area contributed by atoms with Gasteiger partial charge in [-0.25, -0.2) is 0 Å². The van der Waals surface area contributed by atoms with Crippen molar-refractivity contribution in [2.75, 3.05) is 26.0 Å². The molecule has 1 atom stereocenters. The third-order valence-corrected chi connectivity index (χ3v) is 4.50. The number of fused-ring (bicyclic) bond motifs is 1. The Bertz CT molecular complexity index is 909. The molecule has 3 N–H and O–H groups in total. The monoisotopic (exact) mass is 363 g/mol. The number of aromatic nitrogens is 1. The van der Waals surface area contributed by atoms with Gasteiger partial charge in [-0.05, 0) is 25.0 Å². The number of benzene rings is 2. The van der Waals surface area contributed by atoms with E-state index in [2.05, 4.69) is 34.7 Å². The first-order valence-electron chi connectivity index (χ1n) is 9.30. The summed E-state index contributed by atoms with van der Waals surface area (Å²) >= 11 is 0. The first-order chi connectivity index (χ1) is 13.0. The number of nitrogens with one attached hydrogen (secondary N) is 3. The van der Waals surface area contributed by atoms with Crippen LogP contribution in [0.2, 0.25) is 0 Å². The molecule has 1 aromatic heterocycles. The van der Waals surface area contributed by atoms with Crippen LogP contribution in [0.1, 0.15) is 12.5 Å². The predicted octanol–water partition coefficient (Wildman–Crippen LogP) is 2.17. The first-order valence-corrected chi connectivity index (χ1v) is 9.30. The maximum Gasteiger partial charge on any atom is 0.238 e. The molecule has 27 heavy (non-hydrogen) atoms. The Balaban J connectivity index is 1.65. The van der Waals surface area contributed by atoms with Gasteiger partial charge in [-0.15, -0.1) is 0 Å². The van der Waals surface area contributed by atoms with Gasteiger partial charge in [0.05, 0.1) is 31.8 Å². The topological polar surface area (TPSA) is 58.5 Å². The van der Waals surface area contributed by atoms with Gasteiger partial charge in [-0.1, -0.05) is 48.5 Å². The van der Waals surface area contributed by atoms with E-state index in [0.717, 1.165) is 33.7 Å². The summed E-state index contributed by atoms with van der Waals surface area (Å²) in [6.07, 6.45) is 0.889. The summed E-state index contributed by atoms with van der Waals surface area (Å²) < 4.78 is 0. The van der Waals surface area contributed by atoms with Gasteiger partial charge in [0.1, 0.15) is 0 Å². The van der Waals surface area contributed by atoms with Crippen LogP contribution in [0.4, 0.5) is 11.5 Å². The van der Waals surface area contributed by atoms with Crippen LogP contribution < -0.4 is 15.5 Å². The quantitative estimate of drug-likeness (QED) is 0.603. The fourth-order valence-electron chi connectivity index (χ4n) is 3.04. The van der Waals surface area contributed by atoms with Crippen molar-refractivity contribution in [3.05, 3.63) is 66.2 Å². The number of pyridine rings is 1. The summed E-state index contributed by atoms with van der Waals surface area (Å²) in [6.45, 7) is 2.37. The third-order valence-electron chi connectivity index (χ3n) is 4.50. The first kappa shape index (κ1) is 19.0. The number of quaternary nitrogens is 1. The normalized spacial score (nSPS) is 12.3. The van der Waals surface area contributed by atoms with E-state index in [9.17, 15) is 4.79 Å². The highest BCUT2D eigenvalue weighted by Crippen LogP contribution is 2.23. The van der Waals surface area contributed by atoms with Gasteiger partial charge in [-0.2, -0.15) is 4.98 Å². The molecule has 0 aliphatic carbocycles. The number of rotatable bonds is 7. The summed E-state index contributed by atoms with van der Waals surface area (Å²) in [4.78, 5) is 18.3. The Morgan fingerprint density at radius 3 is 2.52 bits per heavy atom. The molecule has 0 fully saturated rings. The zero-order valence-electron chi connectivity index (χ0n) is 16.1. The second kappa shape index (κ2) is 8.75. The van der Waals surface area contributed by atoms with E-state index in [-0.39, 0.29) is 18.5 Å². The van der Waals surface area contributed by atoms with Gasteiger partial charge in [0, 0.05) is 17.5 Å². The van der Waals surface area contributed by atoms with Crippen LogP contribution in [0, 0.1) is 0 Å². The molecule has 2 aromatic carbocycles. The Morgan fingerprint density at radius 1 is 1.07 bits per heavy atom. The van der Waals surface area contributed by atoms with E-state index in [0.29, 0.717) is 0 Å². The number of nitrogens with zero attached hydrogens (tertiary/aromatic N) is 1. The lowest BCUT2D eigenvalue weighted by atomic mass is 10.1. The van der Waals surface area contributed by atoms with Crippen LogP contribution in [-0.4, -0.2) is 37.6 Å². The van der Waals surface area contributed by atoms with Crippen molar-refractivity contribution in [1.82, 2.24) is 10.3 Å². The maximum absolute atomic E-state index is 12.5. The summed E-state index contributed by atoms with van der Waals surface area (Å²) in [5, 5.41) is 7.30. The lowest BCUT2D eigenvalue weighted by Gasteiger charge is -2.15. The van der Waals surface area contributed by atoms with E-state index in [1.54, 1.807) is 0 Å². The van der Waals surface area contributed by atoms with Crippen molar-refractivity contribution >= 4 is 28.3 Å². The minimum Gasteiger partial charge on any atom is -0.324 e. The van der Waals surface area contributed by atoms with E-state index >= 15 is 0 Å². The van der Waals surface area contributed by atoms with Crippen LogP contribution in [0.25, 0.3) is 10.9 Å². The Labute approximate surface area is 160 Å². The average Bonchev–Trinajstić information content (AvgIpc) is 2.67. The molecule has 1 amide bonds. The lowest BCUT2D eigenvalue weighted by Crippen LogP contribution is -3.00. The zero-order chi connectivity index (χ0) is 19.2. The predicted molar refractivity (Wildman–Crippen MR) is 110 cm³/mol. The van der Waals surface area contributed by atoms with Crippen molar-refractivity contribution in [3.8, 4) is 0 Å². The van der Waals surface area contributed by atoms with Crippen molar-refractivity contribution in [1.29, 1.82) is 0 Å². The number of hydrogen-bond acceptors (Lipinski definition) is 3. The molecule has 3 aromatic rings. The van der Waals surface area contributed by atoms with Gasteiger partial charge in [0.2, 0.25) is 11.7 Å². The molecular formula is C22H27N4O+. The third kappa shape index (κ3) is 5.12. The molecule has 0 aliphatic heterocycles. The van der Waals surface area contributed by atoms with Crippen molar-refractivity contribution in [2.45, 2.75) is 19.4 Å². The number of carbonyl (C=O) groups is 1. The zero-order valence-corrected chi connectivity index (χ0v) is 16.1. The van der Waals surface area contributed by atoms with Crippen LogP contribution in [-0.2, 0) is 11.2 Å². The molecule has 0 spiro atoms. The number of para-hydroxylation sites is 1. The van der Waals surface area contributed by atoms with Crippen molar-refractivity contribution < 1.29 is 9.69 Å². The molecule has 0 saturated carbocycles. The van der Waals surface area contributed by atoms with E-state index in [1.165, 1.54) is 5.56 Å². The summed E-state index contributed by atoms with van der Waals surface area (Å²) in [6, 6.07) is 20.3. The molecule has 3 rings (SSSR count). The SMILES string of the molecule is CC(Cc1ccccc1)NCC(=O)Nc1cc([NH+](C)C)nc2ccccc12.